The van der Waals surface area contributed by atoms with Gasteiger partial charge in [0.1, 0.15) is 5.82 Å². The lowest BCUT2D eigenvalue weighted by Crippen LogP contribution is -2.43. The minimum absolute atomic E-state index is 0.974. The van der Waals surface area contributed by atoms with Crippen molar-refractivity contribution in [2.24, 2.45) is 0 Å². The third-order valence-electron chi connectivity index (χ3n) is 4.03. The molecule has 0 unspecified atom stereocenters. The number of hydrogen-bond donors (Lipinski definition) is 1. The summed E-state index contributed by atoms with van der Waals surface area (Å²) in [5.41, 5.74) is 2.34. The summed E-state index contributed by atoms with van der Waals surface area (Å²) in [5, 5.41) is 4.46. The largest absolute Gasteiger partial charge is 0.373 e. The van der Waals surface area contributed by atoms with Gasteiger partial charge in [-0.15, -0.1) is 0 Å². The molecule has 0 spiro atoms. The van der Waals surface area contributed by atoms with Crippen LogP contribution in [0.25, 0.3) is 10.9 Å². The number of hydrogen-bond acceptors (Lipinski definition) is 4. The number of nitrogens with one attached hydrogen (secondary N) is 1. The van der Waals surface area contributed by atoms with Crippen LogP contribution in [0.5, 0.6) is 0 Å². The molecule has 4 nitrogen and oxygen atoms in total. The molecule has 1 aliphatic heterocycles. The second kappa shape index (κ2) is 5.77. The van der Waals surface area contributed by atoms with Crippen molar-refractivity contribution in [2.45, 2.75) is 6.54 Å². The molecule has 0 bridgehead atoms. The summed E-state index contributed by atoms with van der Waals surface area (Å²) in [6.07, 6.45) is 0. The van der Waals surface area contributed by atoms with Crippen molar-refractivity contribution >= 4 is 16.7 Å². The molecule has 1 aliphatic rings. The van der Waals surface area contributed by atoms with Gasteiger partial charge in [0, 0.05) is 50.7 Å². The van der Waals surface area contributed by atoms with Gasteiger partial charge in [0.15, 0.2) is 0 Å². The number of nitrogens with zero attached hydrogens (tertiary/aromatic N) is 3. The molecule has 0 radical (unpaired) electrons. The topological polar surface area (TPSA) is 31.4 Å². The molecule has 2 aromatic rings. The van der Waals surface area contributed by atoms with Crippen LogP contribution in [0.1, 0.15) is 5.56 Å². The van der Waals surface area contributed by atoms with Gasteiger partial charge < -0.3 is 10.2 Å². The minimum atomic E-state index is 0.974. The van der Waals surface area contributed by atoms with E-state index in [1.54, 1.807) is 0 Å². The van der Waals surface area contributed by atoms with Crippen LogP contribution >= 0.6 is 0 Å². The summed E-state index contributed by atoms with van der Waals surface area (Å²) >= 11 is 0. The second-order valence-electron chi connectivity index (χ2n) is 5.52. The van der Waals surface area contributed by atoms with E-state index < -0.39 is 0 Å². The zero-order valence-electron chi connectivity index (χ0n) is 12.3. The number of benzene rings is 1. The molecule has 3 rings (SSSR count). The molecule has 1 aromatic heterocycles. The van der Waals surface area contributed by atoms with Gasteiger partial charge in [-0.25, -0.2) is 4.98 Å². The van der Waals surface area contributed by atoms with Crippen molar-refractivity contribution in [2.75, 3.05) is 45.6 Å². The number of rotatable bonds is 3. The van der Waals surface area contributed by atoms with Crippen LogP contribution in [-0.2, 0) is 6.54 Å². The summed E-state index contributed by atoms with van der Waals surface area (Å²) in [4.78, 5) is 9.62. The van der Waals surface area contributed by atoms with E-state index >= 15 is 0 Å². The Labute approximate surface area is 120 Å². The summed E-state index contributed by atoms with van der Waals surface area (Å²) in [6, 6.07) is 10.6. The number of anilines is 1. The lowest BCUT2D eigenvalue weighted by Gasteiger charge is -2.32. The quantitative estimate of drug-likeness (QED) is 0.924. The number of pyridine rings is 1. The van der Waals surface area contributed by atoms with E-state index in [0.29, 0.717) is 0 Å². The molecule has 0 saturated carbocycles. The molecular weight excluding hydrogens is 248 g/mol. The van der Waals surface area contributed by atoms with Gasteiger partial charge in [-0.3, -0.25) is 4.90 Å². The maximum Gasteiger partial charge on any atom is 0.130 e. The molecule has 1 fully saturated rings. The standard InChI is InChI=1S/C16H22N4/c1-17-16-14(12-20-9-7-19(2)8-10-20)11-13-5-3-4-6-15(13)18-16/h3-6,11H,7-10,12H2,1-2H3,(H,17,18). The number of piperazine rings is 1. The highest BCUT2D eigenvalue weighted by Crippen LogP contribution is 2.22. The molecule has 20 heavy (non-hydrogen) atoms. The molecule has 0 amide bonds. The van der Waals surface area contributed by atoms with Crippen molar-refractivity contribution in [1.29, 1.82) is 0 Å². The minimum Gasteiger partial charge on any atom is -0.373 e. The first-order valence-corrected chi connectivity index (χ1v) is 7.23. The summed E-state index contributed by atoms with van der Waals surface area (Å²) in [6.45, 7) is 5.53. The van der Waals surface area contributed by atoms with Gasteiger partial charge in [0.25, 0.3) is 0 Å². The third-order valence-corrected chi connectivity index (χ3v) is 4.03. The van der Waals surface area contributed by atoms with Crippen LogP contribution in [0.4, 0.5) is 5.82 Å². The van der Waals surface area contributed by atoms with Gasteiger partial charge >= 0.3 is 0 Å². The fourth-order valence-electron chi connectivity index (χ4n) is 2.74. The van der Waals surface area contributed by atoms with Gasteiger partial charge in [0.05, 0.1) is 5.52 Å². The maximum absolute atomic E-state index is 4.73. The molecular formula is C16H22N4. The molecule has 1 aromatic carbocycles. The van der Waals surface area contributed by atoms with E-state index in [9.17, 15) is 0 Å². The summed E-state index contributed by atoms with van der Waals surface area (Å²) in [7, 11) is 4.14. The van der Waals surface area contributed by atoms with E-state index in [1.807, 2.05) is 13.1 Å². The van der Waals surface area contributed by atoms with Crippen LogP contribution in [0.2, 0.25) is 0 Å². The van der Waals surface area contributed by atoms with E-state index in [0.717, 1.165) is 44.1 Å². The SMILES string of the molecule is CNc1nc2ccccc2cc1CN1CCN(C)CC1. The molecule has 1 N–H and O–H groups in total. The molecule has 0 atom stereocenters. The number of fused-ring (bicyclic) bond motifs is 1. The van der Waals surface area contributed by atoms with Crippen LogP contribution in [-0.4, -0.2) is 55.1 Å². The third kappa shape index (κ3) is 2.76. The van der Waals surface area contributed by atoms with Crippen molar-refractivity contribution < 1.29 is 0 Å². The zero-order valence-corrected chi connectivity index (χ0v) is 12.3. The average Bonchev–Trinajstić information content (AvgIpc) is 2.49. The predicted molar refractivity (Wildman–Crippen MR) is 84.1 cm³/mol. The molecule has 4 heteroatoms. The Kier molecular flexibility index (Phi) is 3.85. The fourth-order valence-corrected chi connectivity index (χ4v) is 2.74. The summed E-state index contributed by atoms with van der Waals surface area (Å²) < 4.78 is 0. The van der Waals surface area contributed by atoms with Crippen LogP contribution in [0, 0.1) is 0 Å². The summed E-state index contributed by atoms with van der Waals surface area (Å²) in [5.74, 6) is 1.00. The highest BCUT2D eigenvalue weighted by Gasteiger charge is 2.16. The lowest BCUT2D eigenvalue weighted by molar-refractivity contribution is 0.148. The Morgan fingerprint density at radius 1 is 1.15 bits per heavy atom. The van der Waals surface area contributed by atoms with Crippen LogP contribution in [0.15, 0.2) is 30.3 Å². The molecule has 2 heterocycles. The highest BCUT2D eigenvalue weighted by atomic mass is 15.2. The first kappa shape index (κ1) is 13.3. The lowest BCUT2D eigenvalue weighted by atomic mass is 10.1. The first-order chi connectivity index (χ1) is 9.76. The fraction of sp³-hybridized carbons (Fsp3) is 0.438. The van der Waals surface area contributed by atoms with Gasteiger partial charge in [-0.1, -0.05) is 18.2 Å². The van der Waals surface area contributed by atoms with Crippen LogP contribution in [0.3, 0.4) is 0 Å². The average molecular weight is 270 g/mol. The number of aromatic nitrogens is 1. The van der Waals surface area contributed by atoms with Crippen LogP contribution < -0.4 is 5.32 Å². The molecule has 0 aliphatic carbocycles. The zero-order chi connectivity index (χ0) is 13.9. The molecule has 106 valence electrons. The van der Waals surface area contributed by atoms with Crippen molar-refractivity contribution in [1.82, 2.24) is 14.8 Å². The Hall–Kier alpha value is -1.65. The highest BCUT2D eigenvalue weighted by molar-refractivity contribution is 5.81. The molecule has 1 saturated heterocycles. The monoisotopic (exact) mass is 270 g/mol. The van der Waals surface area contributed by atoms with E-state index in [1.165, 1.54) is 10.9 Å². The van der Waals surface area contributed by atoms with E-state index in [4.69, 9.17) is 4.98 Å². The van der Waals surface area contributed by atoms with E-state index in [2.05, 4.69) is 46.4 Å². The maximum atomic E-state index is 4.73. The first-order valence-electron chi connectivity index (χ1n) is 7.23. The Balaban J connectivity index is 1.86. The second-order valence-corrected chi connectivity index (χ2v) is 5.52. The van der Waals surface area contributed by atoms with Gasteiger partial charge in [-0.2, -0.15) is 0 Å². The van der Waals surface area contributed by atoms with Crippen molar-refractivity contribution in [3.63, 3.8) is 0 Å². The Bertz CT molecular complexity index is 588. The number of likely N-dealkylation sites (N-methyl/N-ethyl adjacent to an activating group) is 1. The predicted octanol–water partition coefficient (Wildman–Crippen LogP) is 2.02. The Morgan fingerprint density at radius 2 is 1.90 bits per heavy atom. The number of para-hydroxylation sites is 1. The Morgan fingerprint density at radius 3 is 2.65 bits per heavy atom. The van der Waals surface area contributed by atoms with Crippen molar-refractivity contribution in [3.05, 3.63) is 35.9 Å². The normalized spacial score (nSPS) is 17.5. The smallest absolute Gasteiger partial charge is 0.130 e. The van der Waals surface area contributed by atoms with Crippen molar-refractivity contribution in [3.8, 4) is 0 Å². The van der Waals surface area contributed by atoms with Gasteiger partial charge in [-0.05, 0) is 19.2 Å². The van der Waals surface area contributed by atoms with E-state index in [-0.39, 0.29) is 0 Å². The van der Waals surface area contributed by atoms with Gasteiger partial charge in [0.2, 0.25) is 0 Å².